The van der Waals surface area contributed by atoms with E-state index in [1.807, 2.05) is 0 Å². The Morgan fingerprint density at radius 1 is 1.45 bits per heavy atom. The predicted molar refractivity (Wildman–Crippen MR) is 74.9 cm³/mol. The third kappa shape index (κ3) is 2.76. The number of carboxylic acids is 1. The average molecular weight is 313 g/mol. The van der Waals surface area contributed by atoms with E-state index in [2.05, 4.69) is 0 Å². The van der Waals surface area contributed by atoms with Crippen LogP contribution in [0.2, 0.25) is 5.02 Å². The van der Waals surface area contributed by atoms with Crippen molar-refractivity contribution in [1.29, 1.82) is 0 Å². The van der Waals surface area contributed by atoms with Crippen molar-refractivity contribution >= 4 is 35.2 Å². The van der Waals surface area contributed by atoms with Crippen molar-refractivity contribution in [3.05, 3.63) is 34.2 Å². The summed E-state index contributed by atoms with van der Waals surface area (Å²) in [6.45, 7) is -0.282. The molecule has 0 spiro atoms. The Balaban J connectivity index is 2.54. The number of carboxylic acid groups (broad SMARTS) is 1. The molecule has 0 aliphatic heterocycles. The SMILES string of the molecule is O=CCOc1c(C(=O)O)sc(-c2cccc(O)c2)c1Cl. The lowest BCUT2D eigenvalue weighted by Gasteiger charge is -2.02. The van der Waals surface area contributed by atoms with E-state index in [0.717, 1.165) is 11.3 Å². The van der Waals surface area contributed by atoms with Gasteiger partial charge in [0, 0.05) is 0 Å². The van der Waals surface area contributed by atoms with Crippen LogP contribution in [0, 0.1) is 0 Å². The maximum Gasteiger partial charge on any atom is 0.349 e. The number of rotatable bonds is 5. The number of hydrogen-bond acceptors (Lipinski definition) is 5. The summed E-state index contributed by atoms with van der Waals surface area (Å²) in [5, 5.41) is 18.7. The lowest BCUT2D eigenvalue weighted by Crippen LogP contribution is -2.02. The fourth-order valence-corrected chi connectivity index (χ4v) is 3.02. The second kappa shape index (κ2) is 5.94. The van der Waals surface area contributed by atoms with Crippen LogP contribution in [-0.2, 0) is 4.79 Å². The molecule has 7 heteroatoms. The minimum absolute atomic E-state index is 0.0328. The van der Waals surface area contributed by atoms with E-state index < -0.39 is 5.97 Å². The first-order valence-corrected chi connectivity index (χ1v) is 6.65. The maximum atomic E-state index is 11.2. The Morgan fingerprint density at radius 3 is 2.80 bits per heavy atom. The molecule has 1 aromatic carbocycles. The fourth-order valence-electron chi connectivity index (χ4n) is 1.62. The first-order chi connectivity index (χ1) is 9.54. The summed E-state index contributed by atoms with van der Waals surface area (Å²) in [6, 6.07) is 6.26. The standard InChI is InChI=1S/C13H9ClO5S/c14-9-10(19-5-4-15)12(13(17)18)20-11(9)7-2-1-3-8(16)6-7/h1-4,6,16H,5H2,(H,17,18). The van der Waals surface area contributed by atoms with Crippen molar-refractivity contribution in [2.75, 3.05) is 6.61 Å². The topological polar surface area (TPSA) is 83.8 Å². The second-order valence-corrected chi connectivity index (χ2v) is 5.14. The highest BCUT2D eigenvalue weighted by Gasteiger charge is 2.24. The van der Waals surface area contributed by atoms with Gasteiger partial charge >= 0.3 is 5.97 Å². The van der Waals surface area contributed by atoms with Crippen LogP contribution in [-0.4, -0.2) is 29.1 Å². The highest BCUT2D eigenvalue weighted by atomic mass is 35.5. The average Bonchev–Trinajstić information content (AvgIpc) is 2.74. The number of phenolic OH excluding ortho intramolecular Hbond substituents is 1. The molecule has 0 aliphatic rings. The van der Waals surface area contributed by atoms with Crippen LogP contribution >= 0.6 is 22.9 Å². The van der Waals surface area contributed by atoms with E-state index in [9.17, 15) is 14.7 Å². The number of hydrogen-bond donors (Lipinski definition) is 2. The Labute approximate surface area is 123 Å². The van der Waals surface area contributed by atoms with Gasteiger partial charge in [0.1, 0.15) is 17.4 Å². The summed E-state index contributed by atoms with van der Waals surface area (Å²) < 4.78 is 5.08. The van der Waals surface area contributed by atoms with Crippen LogP contribution in [0.1, 0.15) is 9.67 Å². The largest absolute Gasteiger partial charge is 0.508 e. The number of aromatic hydroxyl groups is 1. The van der Waals surface area contributed by atoms with Crippen molar-refractivity contribution in [3.63, 3.8) is 0 Å². The number of thiophene rings is 1. The first kappa shape index (κ1) is 14.4. The van der Waals surface area contributed by atoms with Crippen LogP contribution in [0.15, 0.2) is 24.3 Å². The highest BCUT2D eigenvalue weighted by molar-refractivity contribution is 7.18. The van der Waals surface area contributed by atoms with E-state index in [1.165, 1.54) is 12.1 Å². The molecule has 0 saturated heterocycles. The van der Waals surface area contributed by atoms with Gasteiger partial charge in [-0.1, -0.05) is 23.7 Å². The first-order valence-electron chi connectivity index (χ1n) is 5.46. The maximum absolute atomic E-state index is 11.2. The summed E-state index contributed by atoms with van der Waals surface area (Å²) in [6.07, 6.45) is 0.508. The highest BCUT2D eigenvalue weighted by Crippen LogP contribution is 2.45. The summed E-state index contributed by atoms with van der Waals surface area (Å²) in [4.78, 5) is 21.9. The number of ether oxygens (including phenoxy) is 1. The van der Waals surface area contributed by atoms with Crippen LogP contribution in [0.5, 0.6) is 11.5 Å². The number of carbonyl (C=O) groups excluding carboxylic acids is 1. The fraction of sp³-hybridized carbons (Fsp3) is 0.0769. The van der Waals surface area contributed by atoms with Gasteiger partial charge in [-0.05, 0) is 17.7 Å². The number of halogens is 1. The van der Waals surface area contributed by atoms with Crippen molar-refractivity contribution in [2.24, 2.45) is 0 Å². The van der Waals surface area contributed by atoms with Crippen LogP contribution < -0.4 is 4.74 Å². The van der Waals surface area contributed by atoms with Crippen LogP contribution in [0.3, 0.4) is 0 Å². The third-order valence-electron chi connectivity index (χ3n) is 2.41. The minimum Gasteiger partial charge on any atom is -0.508 e. The van der Waals surface area contributed by atoms with Gasteiger partial charge in [0.15, 0.2) is 16.9 Å². The molecule has 104 valence electrons. The Morgan fingerprint density at radius 2 is 2.20 bits per heavy atom. The van der Waals surface area contributed by atoms with E-state index in [-0.39, 0.29) is 28.0 Å². The molecule has 2 rings (SSSR count). The molecule has 0 unspecified atom stereocenters. The molecule has 5 nitrogen and oxygen atoms in total. The van der Waals surface area contributed by atoms with E-state index in [4.69, 9.17) is 21.4 Å². The molecule has 0 saturated carbocycles. The quantitative estimate of drug-likeness (QED) is 0.829. The van der Waals surface area contributed by atoms with Crippen molar-refractivity contribution < 1.29 is 24.5 Å². The number of benzene rings is 1. The predicted octanol–water partition coefficient (Wildman–Crippen LogP) is 3.05. The summed E-state index contributed by atoms with van der Waals surface area (Å²) in [7, 11) is 0. The van der Waals surface area contributed by atoms with Crippen LogP contribution in [0.4, 0.5) is 0 Å². The zero-order chi connectivity index (χ0) is 14.7. The molecule has 1 heterocycles. The molecule has 0 radical (unpaired) electrons. The van der Waals surface area contributed by atoms with E-state index >= 15 is 0 Å². The van der Waals surface area contributed by atoms with Crippen molar-refractivity contribution in [3.8, 4) is 21.9 Å². The zero-order valence-corrected chi connectivity index (χ0v) is 11.6. The Bertz CT molecular complexity index is 665. The number of aldehydes is 1. The van der Waals surface area contributed by atoms with Gasteiger partial charge in [-0.3, -0.25) is 4.79 Å². The van der Waals surface area contributed by atoms with E-state index in [1.54, 1.807) is 12.1 Å². The van der Waals surface area contributed by atoms with Crippen molar-refractivity contribution in [1.82, 2.24) is 0 Å². The van der Waals surface area contributed by atoms with Crippen LogP contribution in [0.25, 0.3) is 10.4 Å². The smallest absolute Gasteiger partial charge is 0.349 e. The Hall–Kier alpha value is -2.05. The van der Waals surface area contributed by atoms with Gasteiger partial charge in [-0.15, -0.1) is 11.3 Å². The molecule has 0 atom stereocenters. The molecular formula is C13H9ClO5S. The molecule has 1 aromatic heterocycles. The molecule has 2 N–H and O–H groups in total. The lowest BCUT2D eigenvalue weighted by atomic mass is 10.2. The van der Waals surface area contributed by atoms with Gasteiger partial charge < -0.3 is 14.9 Å². The summed E-state index contributed by atoms with van der Waals surface area (Å²) in [5.41, 5.74) is 0.573. The second-order valence-electron chi connectivity index (χ2n) is 3.74. The minimum atomic E-state index is -1.19. The molecule has 0 fully saturated rings. The molecule has 0 bridgehead atoms. The lowest BCUT2D eigenvalue weighted by molar-refractivity contribution is -0.109. The van der Waals surface area contributed by atoms with Gasteiger partial charge in [0.2, 0.25) is 0 Å². The number of aromatic carboxylic acids is 1. The molecule has 0 aliphatic carbocycles. The number of phenols is 1. The van der Waals surface area contributed by atoms with Gasteiger partial charge in [-0.25, -0.2) is 4.79 Å². The van der Waals surface area contributed by atoms with Gasteiger partial charge in [-0.2, -0.15) is 0 Å². The molecular weight excluding hydrogens is 304 g/mol. The van der Waals surface area contributed by atoms with Gasteiger partial charge in [0.25, 0.3) is 0 Å². The van der Waals surface area contributed by atoms with Crippen molar-refractivity contribution in [2.45, 2.75) is 0 Å². The van der Waals surface area contributed by atoms with E-state index in [0.29, 0.717) is 16.7 Å². The molecule has 20 heavy (non-hydrogen) atoms. The monoisotopic (exact) mass is 312 g/mol. The molecule has 0 amide bonds. The summed E-state index contributed by atoms with van der Waals surface area (Å²) in [5.74, 6) is -1.18. The molecule has 2 aromatic rings. The number of carbonyl (C=O) groups is 2. The van der Waals surface area contributed by atoms with Gasteiger partial charge in [0.05, 0.1) is 4.88 Å². The zero-order valence-electron chi connectivity index (χ0n) is 10.00. The Kier molecular flexibility index (Phi) is 4.26. The normalized spacial score (nSPS) is 10.2. The summed E-state index contributed by atoms with van der Waals surface area (Å²) >= 11 is 7.04. The third-order valence-corrected chi connectivity index (χ3v) is 4.09.